The number of carbonyl (C=O) groups is 1. The molecule has 0 fully saturated rings. The van der Waals surface area contributed by atoms with Gasteiger partial charge in [-0.3, -0.25) is 4.90 Å². The van der Waals surface area contributed by atoms with Crippen LogP contribution >= 0.6 is 0 Å². The number of unbranched alkanes of at least 4 members (excludes halogenated alkanes) is 1. The fourth-order valence-corrected chi connectivity index (χ4v) is 4.39. The molecule has 0 radical (unpaired) electrons. The third-order valence-electron chi connectivity index (χ3n) is 6.42. The van der Waals surface area contributed by atoms with Gasteiger partial charge in [-0.1, -0.05) is 18.2 Å². The van der Waals surface area contributed by atoms with Gasteiger partial charge in [0.2, 0.25) is 5.88 Å². The van der Waals surface area contributed by atoms with E-state index in [0.29, 0.717) is 37.8 Å². The quantitative estimate of drug-likeness (QED) is 0.265. The van der Waals surface area contributed by atoms with E-state index in [1.807, 2.05) is 24.3 Å². The number of aliphatic carboxylic acids is 1. The highest BCUT2D eigenvalue weighted by Crippen LogP contribution is 2.20. The summed E-state index contributed by atoms with van der Waals surface area (Å²) in [6, 6.07) is 14.6. The van der Waals surface area contributed by atoms with Crippen LogP contribution < -0.4 is 15.4 Å². The van der Waals surface area contributed by atoms with Crippen LogP contribution in [0.25, 0.3) is 0 Å². The molecule has 9 heteroatoms. The maximum Gasteiger partial charge on any atom is 0.326 e. The zero-order valence-electron chi connectivity index (χ0n) is 21.2. The minimum Gasteiger partial charge on any atom is -0.480 e. The monoisotopic (exact) mass is 504 g/mol. The van der Waals surface area contributed by atoms with E-state index in [0.717, 1.165) is 56.7 Å². The second-order valence-corrected chi connectivity index (χ2v) is 9.19. The number of aromatic nitrogens is 3. The Labute approximate surface area is 218 Å². The Bertz CT molecular complexity index is 1100. The summed E-state index contributed by atoms with van der Waals surface area (Å²) in [4.78, 5) is 27.4. The summed E-state index contributed by atoms with van der Waals surface area (Å²) in [5, 5.41) is 16.2. The summed E-state index contributed by atoms with van der Waals surface area (Å²) in [6.45, 7) is 3.65. The van der Waals surface area contributed by atoms with Gasteiger partial charge in [-0.05, 0) is 74.9 Å². The molecule has 9 nitrogen and oxygen atoms in total. The average Bonchev–Trinajstić information content (AvgIpc) is 2.93. The molecule has 1 aliphatic heterocycles. The molecule has 0 aliphatic carbocycles. The van der Waals surface area contributed by atoms with Crippen LogP contribution in [0.2, 0.25) is 0 Å². The van der Waals surface area contributed by atoms with Crippen LogP contribution in [0.15, 0.2) is 60.9 Å². The molecule has 196 valence electrons. The molecular formula is C28H36N6O3. The Hall–Kier alpha value is -3.72. The minimum absolute atomic E-state index is 0.452. The third kappa shape index (κ3) is 8.71. The van der Waals surface area contributed by atoms with Crippen molar-refractivity contribution in [2.75, 3.05) is 43.4 Å². The zero-order valence-corrected chi connectivity index (χ0v) is 21.2. The fourth-order valence-electron chi connectivity index (χ4n) is 4.39. The Kier molecular flexibility index (Phi) is 10.1. The van der Waals surface area contributed by atoms with Crippen LogP contribution in [-0.2, 0) is 17.6 Å². The number of nitrogens with one attached hydrogen (secondary N) is 2. The zero-order chi connectivity index (χ0) is 25.7. The smallest absolute Gasteiger partial charge is 0.326 e. The van der Waals surface area contributed by atoms with Gasteiger partial charge in [0.05, 0.1) is 0 Å². The van der Waals surface area contributed by atoms with Crippen molar-refractivity contribution in [3.05, 3.63) is 72.2 Å². The summed E-state index contributed by atoms with van der Waals surface area (Å²) in [6.07, 6.45) is 8.98. The van der Waals surface area contributed by atoms with Gasteiger partial charge in [0.15, 0.2) is 0 Å². The first-order chi connectivity index (χ1) is 18.2. The molecule has 0 saturated heterocycles. The van der Waals surface area contributed by atoms with Crippen LogP contribution in [0.3, 0.4) is 0 Å². The van der Waals surface area contributed by atoms with Crippen LogP contribution in [0, 0.1) is 0 Å². The lowest BCUT2D eigenvalue weighted by Gasteiger charge is -2.24. The molecule has 0 unspecified atom stereocenters. The second-order valence-electron chi connectivity index (χ2n) is 9.19. The van der Waals surface area contributed by atoms with Gasteiger partial charge in [-0.15, -0.1) is 0 Å². The summed E-state index contributed by atoms with van der Waals surface area (Å²) in [5.74, 6) is 1.31. The number of fused-ring (bicyclic) bond motifs is 1. The van der Waals surface area contributed by atoms with Crippen molar-refractivity contribution in [1.29, 1.82) is 0 Å². The largest absolute Gasteiger partial charge is 0.480 e. The van der Waals surface area contributed by atoms with Crippen LogP contribution in [0.1, 0.15) is 36.9 Å². The first kappa shape index (κ1) is 26.3. The Morgan fingerprint density at radius 1 is 1.05 bits per heavy atom. The highest BCUT2D eigenvalue weighted by molar-refractivity contribution is 5.76. The summed E-state index contributed by atoms with van der Waals surface area (Å²) in [7, 11) is 0. The number of rotatable bonds is 15. The fraction of sp³-hybridized carbons (Fsp3) is 0.429. The molecule has 37 heavy (non-hydrogen) atoms. The maximum absolute atomic E-state index is 11.9. The van der Waals surface area contributed by atoms with Crippen molar-refractivity contribution in [2.24, 2.45) is 0 Å². The van der Waals surface area contributed by atoms with E-state index in [1.54, 1.807) is 24.5 Å². The highest BCUT2D eigenvalue weighted by atomic mass is 16.5. The average molecular weight is 505 g/mol. The van der Waals surface area contributed by atoms with Gasteiger partial charge in [-0.25, -0.2) is 19.7 Å². The van der Waals surface area contributed by atoms with Crippen molar-refractivity contribution in [1.82, 2.24) is 19.9 Å². The second kappa shape index (κ2) is 14.1. The van der Waals surface area contributed by atoms with Crippen LogP contribution in [0.5, 0.6) is 5.88 Å². The number of anilines is 2. The Morgan fingerprint density at radius 2 is 1.92 bits per heavy atom. The Balaban J connectivity index is 1.28. The predicted octanol–water partition coefficient (Wildman–Crippen LogP) is 3.89. The molecule has 4 rings (SSSR count). The van der Waals surface area contributed by atoms with E-state index in [1.165, 1.54) is 5.56 Å². The van der Waals surface area contributed by atoms with E-state index in [-0.39, 0.29) is 0 Å². The molecular weight excluding hydrogens is 468 g/mol. The van der Waals surface area contributed by atoms with Gasteiger partial charge in [0.25, 0.3) is 0 Å². The summed E-state index contributed by atoms with van der Waals surface area (Å²) >= 11 is 0. The third-order valence-corrected chi connectivity index (χ3v) is 6.42. The van der Waals surface area contributed by atoms with Gasteiger partial charge >= 0.3 is 5.97 Å². The van der Waals surface area contributed by atoms with E-state index in [2.05, 4.69) is 37.6 Å². The number of nitrogens with zero attached hydrogens (tertiary/aromatic N) is 4. The first-order valence-electron chi connectivity index (χ1n) is 13.1. The molecule has 3 aromatic rings. The molecule has 0 saturated carbocycles. The van der Waals surface area contributed by atoms with Crippen molar-refractivity contribution in [3.63, 3.8) is 0 Å². The summed E-state index contributed by atoms with van der Waals surface area (Å²) in [5.41, 5.74) is 2.42. The molecule has 0 bridgehead atoms. The first-order valence-corrected chi connectivity index (χ1v) is 13.1. The lowest BCUT2D eigenvalue weighted by molar-refractivity contribution is -0.138. The Morgan fingerprint density at radius 3 is 2.70 bits per heavy atom. The van der Waals surface area contributed by atoms with Crippen LogP contribution in [0.4, 0.5) is 11.6 Å². The summed E-state index contributed by atoms with van der Waals surface area (Å²) < 4.78 is 5.80. The SMILES string of the molecule is O=C(O)[C@H](CCN(CCCCc1ccc2c(n1)NCCC2)CCOc1ccccn1)Nc1ccccn1. The number of ether oxygens (including phenoxy) is 1. The molecule has 3 N–H and O–H groups in total. The van der Waals surface area contributed by atoms with Crippen molar-refractivity contribution < 1.29 is 14.6 Å². The molecule has 3 aromatic heterocycles. The molecule has 1 aliphatic rings. The number of pyridine rings is 3. The van der Waals surface area contributed by atoms with Gasteiger partial charge in [-0.2, -0.15) is 0 Å². The molecule has 4 heterocycles. The van der Waals surface area contributed by atoms with Crippen molar-refractivity contribution in [2.45, 2.75) is 44.6 Å². The molecule has 1 atom stereocenters. The normalized spacial score (nSPS) is 13.4. The van der Waals surface area contributed by atoms with Crippen molar-refractivity contribution in [3.8, 4) is 5.88 Å². The van der Waals surface area contributed by atoms with E-state index < -0.39 is 12.0 Å². The lowest BCUT2D eigenvalue weighted by Crippen LogP contribution is -2.37. The molecule has 0 aromatic carbocycles. The number of carboxylic acids is 1. The van der Waals surface area contributed by atoms with Crippen molar-refractivity contribution >= 4 is 17.6 Å². The van der Waals surface area contributed by atoms with Gasteiger partial charge < -0.3 is 20.5 Å². The van der Waals surface area contributed by atoms with E-state index >= 15 is 0 Å². The molecule has 0 spiro atoms. The topological polar surface area (TPSA) is 112 Å². The number of hydrogen-bond acceptors (Lipinski definition) is 8. The van der Waals surface area contributed by atoms with Crippen LogP contribution in [-0.4, -0.2) is 69.8 Å². The highest BCUT2D eigenvalue weighted by Gasteiger charge is 2.19. The number of aryl methyl sites for hydroxylation is 2. The van der Waals surface area contributed by atoms with Gasteiger partial charge in [0, 0.05) is 43.8 Å². The number of hydrogen-bond donors (Lipinski definition) is 3. The number of carboxylic acid groups (broad SMARTS) is 1. The maximum atomic E-state index is 11.9. The van der Waals surface area contributed by atoms with E-state index in [9.17, 15) is 9.90 Å². The molecule has 0 amide bonds. The van der Waals surface area contributed by atoms with Gasteiger partial charge in [0.1, 0.15) is 24.3 Å². The standard InChI is InChI=1S/C28H36N6O3/c35-28(36)24(33-25-10-1-4-15-29-25)14-19-34(20-21-37-26-11-2-5-16-30-26)18-6-3-9-23-13-12-22-8-7-17-31-27(22)32-23/h1-2,4-5,10-13,15-16,24H,3,6-9,14,17-21H2,(H,29,33)(H,31,32)(H,35,36)/t24-/m0/s1. The van der Waals surface area contributed by atoms with E-state index in [4.69, 9.17) is 9.72 Å². The minimum atomic E-state index is -0.887. The predicted molar refractivity (Wildman–Crippen MR) is 144 cm³/mol. The lowest BCUT2D eigenvalue weighted by atomic mass is 10.1.